The van der Waals surface area contributed by atoms with Gasteiger partial charge in [-0.05, 0) is 39.1 Å². The Kier molecular flexibility index (Phi) is 7.09. The first-order chi connectivity index (χ1) is 9.65. The van der Waals surface area contributed by atoms with E-state index in [-0.39, 0.29) is 5.78 Å². The van der Waals surface area contributed by atoms with E-state index in [0.29, 0.717) is 31.1 Å². The molecule has 0 radical (unpaired) electrons. The quantitative estimate of drug-likeness (QED) is 0.651. The van der Waals surface area contributed by atoms with Gasteiger partial charge in [0.15, 0.2) is 5.78 Å². The number of ketones is 1. The molecule has 0 unspecified atom stereocenters. The van der Waals surface area contributed by atoms with Crippen molar-refractivity contribution >= 4 is 5.78 Å². The number of hydrogen-bond donors (Lipinski definition) is 0. The molecule has 0 aliphatic heterocycles. The van der Waals surface area contributed by atoms with Gasteiger partial charge in [-0.25, -0.2) is 0 Å². The highest BCUT2D eigenvalue weighted by molar-refractivity contribution is 6.00. The zero-order valence-electron chi connectivity index (χ0n) is 12.9. The van der Waals surface area contributed by atoms with E-state index in [2.05, 4.69) is 18.7 Å². The summed E-state index contributed by atoms with van der Waals surface area (Å²) in [6, 6.07) is 5.41. The molecule has 112 valence electrons. The first kappa shape index (κ1) is 16.5. The fourth-order valence-corrected chi connectivity index (χ4v) is 2.00. The van der Waals surface area contributed by atoms with Crippen molar-refractivity contribution in [3.8, 4) is 11.5 Å². The molecule has 4 heteroatoms. The van der Waals surface area contributed by atoms with Gasteiger partial charge in [0, 0.05) is 6.07 Å². The van der Waals surface area contributed by atoms with Gasteiger partial charge in [0.05, 0.1) is 25.3 Å². The normalized spacial score (nSPS) is 10.7. The summed E-state index contributed by atoms with van der Waals surface area (Å²) in [4.78, 5) is 14.5. The Balaban J connectivity index is 2.94. The van der Waals surface area contributed by atoms with Crippen LogP contribution in [0.3, 0.4) is 0 Å². The van der Waals surface area contributed by atoms with Crippen LogP contribution in [0.25, 0.3) is 0 Å². The lowest BCUT2D eigenvalue weighted by Gasteiger charge is -2.18. The number of nitrogens with zero attached hydrogens (tertiary/aromatic N) is 1. The number of ether oxygens (including phenoxy) is 2. The van der Waals surface area contributed by atoms with Crippen molar-refractivity contribution < 1.29 is 14.3 Å². The third-order valence-electron chi connectivity index (χ3n) is 3.13. The standard InChI is InChI=1S/C16H25NO3/c1-5-17(6-2)12-15(18)14-10-9-13(19-7-3)11-16(14)20-8-4/h9-11H,5-8,12H2,1-4H3. The highest BCUT2D eigenvalue weighted by atomic mass is 16.5. The second-order valence-corrected chi connectivity index (χ2v) is 4.41. The van der Waals surface area contributed by atoms with Crippen LogP contribution in [0.2, 0.25) is 0 Å². The van der Waals surface area contributed by atoms with Gasteiger partial charge in [-0.1, -0.05) is 13.8 Å². The van der Waals surface area contributed by atoms with Crippen LogP contribution >= 0.6 is 0 Å². The van der Waals surface area contributed by atoms with Crippen molar-refractivity contribution in [3.63, 3.8) is 0 Å². The molecule has 0 aliphatic rings. The monoisotopic (exact) mass is 279 g/mol. The molecule has 0 amide bonds. The van der Waals surface area contributed by atoms with Crippen LogP contribution < -0.4 is 9.47 Å². The third kappa shape index (κ3) is 4.53. The largest absolute Gasteiger partial charge is 0.494 e. The molecule has 1 rings (SSSR count). The molecule has 0 aliphatic carbocycles. The van der Waals surface area contributed by atoms with Crippen molar-refractivity contribution in [2.24, 2.45) is 0 Å². The lowest BCUT2D eigenvalue weighted by molar-refractivity contribution is 0.0933. The van der Waals surface area contributed by atoms with Crippen LogP contribution in [0.5, 0.6) is 11.5 Å². The van der Waals surface area contributed by atoms with Crippen LogP contribution in [0, 0.1) is 0 Å². The van der Waals surface area contributed by atoms with E-state index >= 15 is 0 Å². The van der Waals surface area contributed by atoms with Crippen molar-refractivity contribution in [1.82, 2.24) is 4.90 Å². The molecule has 1 aromatic carbocycles. The van der Waals surface area contributed by atoms with E-state index in [1.807, 2.05) is 19.9 Å². The van der Waals surface area contributed by atoms with Gasteiger partial charge in [0.2, 0.25) is 0 Å². The lowest BCUT2D eigenvalue weighted by Crippen LogP contribution is -2.29. The van der Waals surface area contributed by atoms with E-state index in [0.717, 1.165) is 18.8 Å². The molecule has 20 heavy (non-hydrogen) atoms. The molecule has 4 nitrogen and oxygen atoms in total. The summed E-state index contributed by atoms with van der Waals surface area (Å²) in [5.41, 5.74) is 0.627. The molecular weight excluding hydrogens is 254 g/mol. The number of hydrogen-bond acceptors (Lipinski definition) is 4. The molecule has 0 saturated carbocycles. The maximum atomic E-state index is 12.4. The molecule has 1 aromatic rings. The zero-order valence-corrected chi connectivity index (χ0v) is 12.9. The molecule has 0 atom stereocenters. The molecule has 0 saturated heterocycles. The predicted molar refractivity (Wildman–Crippen MR) is 80.9 cm³/mol. The van der Waals surface area contributed by atoms with Crippen LogP contribution in [0.1, 0.15) is 38.1 Å². The number of rotatable bonds is 9. The van der Waals surface area contributed by atoms with Gasteiger partial charge < -0.3 is 9.47 Å². The van der Waals surface area contributed by atoms with Gasteiger partial charge in [-0.2, -0.15) is 0 Å². The van der Waals surface area contributed by atoms with Gasteiger partial charge in [-0.15, -0.1) is 0 Å². The van der Waals surface area contributed by atoms with Crippen LogP contribution in [0.4, 0.5) is 0 Å². The minimum atomic E-state index is 0.0835. The summed E-state index contributed by atoms with van der Waals surface area (Å²) in [5.74, 6) is 1.42. The topological polar surface area (TPSA) is 38.8 Å². The van der Waals surface area contributed by atoms with E-state index in [1.54, 1.807) is 12.1 Å². The average Bonchev–Trinajstić information content (AvgIpc) is 2.45. The van der Waals surface area contributed by atoms with Crippen LogP contribution in [-0.2, 0) is 0 Å². The fraction of sp³-hybridized carbons (Fsp3) is 0.562. The van der Waals surface area contributed by atoms with E-state index in [4.69, 9.17) is 9.47 Å². The summed E-state index contributed by atoms with van der Waals surface area (Å²) >= 11 is 0. The second kappa shape index (κ2) is 8.59. The molecule has 0 aromatic heterocycles. The molecule has 0 spiro atoms. The van der Waals surface area contributed by atoms with Crippen molar-refractivity contribution in [1.29, 1.82) is 0 Å². The van der Waals surface area contributed by atoms with E-state index < -0.39 is 0 Å². The minimum absolute atomic E-state index is 0.0835. The van der Waals surface area contributed by atoms with Gasteiger partial charge in [0.25, 0.3) is 0 Å². The number of carbonyl (C=O) groups is 1. The SMILES string of the molecule is CCOc1ccc(C(=O)CN(CC)CC)c(OCC)c1. The Morgan fingerprint density at radius 1 is 1.05 bits per heavy atom. The Hall–Kier alpha value is -1.55. The molecule has 0 bridgehead atoms. The Morgan fingerprint density at radius 2 is 1.70 bits per heavy atom. The summed E-state index contributed by atoms with van der Waals surface area (Å²) in [6.45, 7) is 11.2. The van der Waals surface area contributed by atoms with E-state index in [9.17, 15) is 4.79 Å². The lowest BCUT2D eigenvalue weighted by atomic mass is 10.1. The first-order valence-electron chi connectivity index (χ1n) is 7.31. The van der Waals surface area contributed by atoms with Crippen molar-refractivity contribution in [3.05, 3.63) is 23.8 Å². The van der Waals surface area contributed by atoms with Gasteiger partial charge in [0.1, 0.15) is 11.5 Å². The minimum Gasteiger partial charge on any atom is -0.494 e. The maximum absolute atomic E-state index is 12.4. The molecule has 0 N–H and O–H groups in total. The zero-order chi connectivity index (χ0) is 15.0. The van der Waals surface area contributed by atoms with Gasteiger partial charge in [-0.3, -0.25) is 9.69 Å². The third-order valence-corrected chi connectivity index (χ3v) is 3.13. The smallest absolute Gasteiger partial charge is 0.180 e. The first-order valence-corrected chi connectivity index (χ1v) is 7.31. The summed E-state index contributed by atoms with van der Waals surface area (Å²) in [5, 5.41) is 0. The Labute approximate surface area is 121 Å². The summed E-state index contributed by atoms with van der Waals surface area (Å²) in [6.07, 6.45) is 0. The number of benzene rings is 1. The van der Waals surface area contributed by atoms with Crippen molar-refractivity contribution in [2.75, 3.05) is 32.8 Å². The molecular formula is C16H25NO3. The average molecular weight is 279 g/mol. The number of Topliss-reactive ketones (excluding diaryl/α,β-unsaturated/α-hetero) is 1. The Bertz CT molecular complexity index is 428. The highest BCUT2D eigenvalue weighted by Crippen LogP contribution is 2.25. The number of carbonyl (C=O) groups excluding carboxylic acids is 1. The van der Waals surface area contributed by atoms with E-state index in [1.165, 1.54) is 0 Å². The summed E-state index contributed by atoms with van der Waals surface area (Å²) in [7, 11) is 0. The van der Waals surface area contributed by atoms with Crippen LogP contribution in [-0.4, -0.2) is 43.5 Å². The van der Waals surface area contributed by atoms with Gasteiger partial charge >= 0.3 is 0 Å². The fourth-order valence-electron chi connectivity index (χ4n) is 2.00. The van der Waals surface area contributed by atoms with Crippen LogP contribution in [0.15, 0.2) is 18.2 Å². The highest BCUT2D eigenvalue weighted by Gasteiger charge is 2.16. The second-order valence-electron chi connectivity index (χ2n) is 4.41. The molecule has 0 heterocycles. The molecule has 0 fully saturated rings. The predicted octanol–water partition coefficient (Wildman–Crippen LogP) is 3.01. The Morgan fingerprint density at radius 3 is 2.25 bits per heavy atom. The number of likely N-dealkylation sites (N-methyl/N-ethyl adjacent to an activating group) is 1. The maximum Gasteiger partial charge on any atom is 0.180 e. The van der Waals surface area contributed by atoms with Crippen molar-refractivity contribution in [2.45, 2.75) is 27.7 Å². The summed E-state index contributed by atoms with van der Waals surface area (Å²) < 4.78 is 11.0.